The van der Waals surface area contributed by atoms with Crippen LogP contribution in [0.1, 0.15) is 70.7 Å². The van der Waals surface area contributed by atoms with E-state index < -0.39 is 0 Å². The quantitative estimate of drug-likeness (QED) is 0.209. The molecule has 0 fully saturated rings. The summed E-state index contributed by atoms with van der Waals surface area (Å²) in [5, 5.41) is 2.80. The Labute approximate surface area is 242 Å². The van der Waals surface area contributed by atoms with Gasteiger partial charge in [0.15, 0.2) is 5.76 Å². The Kier molecular flexibility index (Phi) is 15.4. The van der Waals surface area contributed by atoms with Crippen molar-refractivity contribution in [3.8, 4) is 11.8 Å². The maximum Gasteiger partial charge on any atom is 0.305 e. The number of pyridine rings is 1. The first-order chi connectivity index (χ1) is 19.6. The molecule has 0 bridgehead atoms. The van der Waals surface area contributed by atoms with Crippen LogP contribution in [0.15, 0.2) is 71.8 Å². The molecule has 0 atom stereocenters. The molecule has 1 N–H and O–H groups in total. The monoisotopic (exact) mass is 561 g/mol. The Bertz CT molecular complexity index is 1350. The van der Waals surface area contributed by atoms with E-state index in [4.69, 9.17) is 9.15 Å². The zero-order chi connectivity index (χ0) is 30.8. The molecule has 0 saturated carbocycles. The van der Waals surface area contributed by atoms with Gasteiger partial charge in [-0.2, -0.15) is 0 Å². The summed E-state index contributed by atoms with van der Waals surface area (Å²) in [7, 11) is 6.32. The number of hydrogen-bond acceptors (Lipinski definition) is 7. The zero-order valence-corrected chi connectivity index (χ0v) is 24.9. The van der Waals surface area contributed by atoms with Gasteiger partial charge in [-0.15, -0.1) is 0 Å². The Hall–Kier alpha value is -4.84. The number of carbonyl (C=O) groups excluding carboxylic acids is 3. The third-order valence-electron chi connectivity index (χ3n) is 5.28. The van der Waals surface area contributed by atoms with Crippen LogP contribution in [0.5, 0.6) is 0 Å². The SMILES string of the molecule is C=C(CCCC(=O)OC)OC.CC.Cc1ccoc1C(=O)Nc1cccc(C#Cc2cncc(C(=O)N(C)C)c2)c1. The summed E-state index contributed by atoms with van der Waals surface area (Å²) in [5.41, 5.74) is 3.22. The molecule has 3 aromatic rings. The first kappa shape index (κ1) is 34.2. The summed E-state index contributed by atoms with van der Waals surface area (Å²) in [6, 6.07) is 10.6. The van der Waals surface area contributed by atoms with Crippen molar-refractivity contribution in [1.29, 1.82) is 0 Å². The third-order valence-corrected chi connectivity index (χ3v) is 5.28. The van der Waals surface area contributed by atoms with Gasteiger partial charge in [-0.25, -0.2) is 0 Å². The maximum atomic E-state index is 12.3. The highest BCUT2D eigenvalue weighted by atomic mass is 16.5. The minimum atomic E-state index is -0.313. The summed E-state index contributed by atoms with van der Waals surface area (Å²) >= 11 is 0. The van der Waals surface area contributed by atoms with Gasteiger partial charge in [0.25, 0.3) is 11.8 Å². The van der Waals surface area contributed by atoms with Crippen molar-refractivity contribution in [3.05, 3.63) is 95.4 Å². The number of ether oxygens (including phenoxy) is 2. The number of rotatable bonds is 8. The standard InChI is InChI=1S/C22H19N3O3.C8H14O3.C2H6/c1-15-9-10-28-20(15)21(26)24-19-6-4-5-16(12-19)7-8-17-11-18(14-23-13-17)22(27)25(2)3;1-7(10-2)5-4-6-8(9)11-3;1-2/h4-6,9-14H,1-3H3,(H,24,26);1,4-6H2,2-3H3;1-2H3. The van der Waals surface area contributed by atoms with Crippen LogP contribution in [0.25, 0.3) is 0 Å². The minimum Gasteiger partial charge on any atom is -0.502 e. The van der Waals surface area contributed by atoms with Crippen LogP contribution >= 0.6 is 0 Å². The second-order valence-electron chi connectivity index (χ2n) is 8.55. The van der Waals surface area contributed by atoms with Crippen LogP contribution in [0, 0.1) is 18.8 Å². The molecular weight excluding hydrogens is 522 g/mol. The second-order valence-corrected chi connectivity index (χ2v) is 8.55. The molecule has 0 aliphatic rings. The van der Waals surface area contributed by atoms with Crippen LogP contribution in [0.2, 0.25) is 0 Å². The number of methoxy groups -OCH3 is 2. The first-order valence-electron chi connectivity index (χ1n) is 13.1. The summed E-state index contributed by atoms with van der Waals surface area (Å²) in [6.45, 7) is 9.43. The van der Waals surface area contributed by atoms with Crippen LogP contribution in [-0.4, -0.2) is 56.0 Å². The average molecular weight is 562 g/mol. The van der Waals surface area contributed by atoms with Gasteiger partial charge in [-0.1, -0.05) is 38.3 Å². The molecule has 2 heterocycles. The van der Waals surface area contributed by atoms with E-state index in [9.17, 15) is 14.4 Å². The highest BCUT2D eigenvalue weighted by Crippen LogP contribution is 2.15. The van der Waals surface area contributed by atoms with Gasteiger partial charge in [0.1, 0.15) is 0 Å². The van der Waals surface area contributed by atoms with Crippen molar-refractivity contribution < 1.29 is 28.3 Å². The predicted octanol–water partition coefficient (Wildman–Crippen LogP) is 5.85. The fourth-order valence-corrected chi connectivity index (χ4v) is 3.13. The molecule has 2 amide bonds. The van der Waals surface area contributed by atoms with Crippen LogP contribution < -0.4 is 5.32 Å². The van der Waals surface area contributed by atoms with Gasteiger partial charge in [0.05, 0.1) is 31.8 Å². The number of benzene rings is 1. The van der Waals surface area contributed by atoms with Gasteiger partial charge in [-0.05, 0) is 43.7 Å². The van der Waals surface area contributed by atoms with E-state index in [0.717, 1.165) is 17.5 Å². The van der Waals surface area contributed by atoms with E-state index in [1.807, 2.05) is 26.8 Å². The Balaban J connectivity index is 0.000000547. The van der Waals surface area contributed by atoms with E-state index in [0.29, 0.717) is 35.4 Å². The predicted molar refractivity (Wildman–Crippen MR) is 159 cm³/mol. The average Bonchev–Trinajstić information content (AvgIpc) is 3.43. The second kappa shape index (κ2) is 18.4. The fourth-order valence-electron chi connectivity index (χ4n) is 3.13. The molecule has 41 heavy (non-hydrogen) atoms. The third kappa shape index (κ3) is 12.3. The van der Waals surface area contributed by atoms with Gasteiger partial charge in [0.2, 0.25) is 0 Å². The number of aryl methyl sites for hydroxylation is 1. The number of anilines is 1. The molecular formula is C32H39N3O6. The molecule has 0 saturated heterocycles. The maximum absolute atomic E-state index is 12.3. The lowest BCUT2D eigenvalue weighted by atomic mass is 10.1. The molecule has 0 spiro atoms. The van der Waals surface area contributed by atoms with E-state index in [1.165, 1.54) is 24.5 Å². The Morgan fingerprint density at radius 3 is 2.32 bits per heavy atom. The number of hydrogen-bond donors (Lipinski definition) is 1. The van der Waals surface area contributed by atoms with E-state index in [1.54, 1.807) is 57.7 Å². The number of aromatic nitrogens is 1. The Morgan fingerprint density at radius 2 is 1.71 bits per heavy atom. The number of carbonyl (C=O) groups is 3. The van der Waals surface area contributed by atoms with Gasteiger partial charge in [0, 0.05) is 61.7 Å². The van der Waals surface area contributed by atoms with Gasteiger partial charge in [-0.3, -0.25) is 19.4 Å². The lowest BCUT2D eigenvalue weighted by Gasteiger charge is -2.09. The molecule has 218 valence electrons. The van der Waals surface area contributed by atoms with Crippen LogP contribution in [0.4, 0.5) is 5.69 Å². The van der Waals surface area contributed by atoms with E-state index >= 15 is 0 Å². The summed E-state index contributed by atoms with van der Waals surface area (Å²) < 4.78 is 14.5. The van der Waals surface area contributed by atoms with E-state index in [2.05, 4.69) is 33.5 Å². The largest absolute Gasteiger partial charge is 0.502 e. The highest BCUT2D eigenvalue weighted by molar-refractivity contribution is 6.03. The minimum absolute atomic E-state index is 0.130. The fraction of sp³-hybridized carbons (Fsp3) is 0.312. The van der Waals surface area contributed by atoms with Crippen molar-refractivity contribution in [2.24, 2.45) is 0 Å². The first-order valence-corrected chi connectivity index (χ1v) is 13.1. The number of esters is 1. The van der Waals surface area contributed by atoms with Crippen LogP contribution in [-0.2, 0) is 14.3 Å². The normalized spacial score (nSPS) is 9.34. The number of furan rings is 1. The molecule has 0 radical (unpaired) electrons. The molecule has 2 aromatic heterocycles. The summed E-state index contributed by atoms with van der Waals surface area (Å²) in [5.74, 6) is 6.38. The summed E-state index contributed by atoms with van der Waals surface area (Å²) in [6.07, 6.45) is 6.48. The number of amides is 2. The van der Waals surface area contributed by atoms with Gasteiger partial charge >= 0.3 is 5.97 Å². The molecule has 0 aliphatic carbocycles. The van der Waals surface area contributed by atoms with Gasteiger partial charge < -0.3 is 24.1 Å². The number of allylic oxidation sites excluding steroid dienone is 1. The van der Waals surface area contributed by atoms with Crippen molar-refractivity contribution >= 4 is 23.5 Å². The Morgan fingerprint density at radius 1 is 1.00 bits per heavy atom. The summed E-state index contributed by atoms with van der Waals surface area (Å²) in [4.78, 5) is 40.4. The van der Waals surface area contributed by atoms with Crippen LogP contribution in [0.3, 0.4) is 0 Å². The molecule has 3 rings (SSSR count). The molecule has 0 unspecified atom stereocenters. The molecule has 9 nitrogen and oxygen atoms in total. The topological polar surface area (TPSA) is 111 Å². The zero-order valence-electron chi connectivity index (χ0n) is 24.9. The van der Waals surface area contributed by atoms with Crippen molar-refractivity contribution in [1.82, 2.24) is 9.88 Å². The highest BCUT2D eigenvalue weighted by Gasteiger charge is 2.12. The van der Waals surface area contributed by atoms with Crippen molar-refractivity contribution in [2.45, 2.75) is 40.0 Å². The number of nitrogens with one attached hydrogen (secondary N) is 1. The lowest BCUT2D eigenvalue weighted by molar-refractivity contribution is -0.140. The molecule has 9 heteroatoms. The number of nitrogens with zero attached hydrogens (tertiary/aromatic N) is 2. The van der Waals surface area contributed by atoms with E-state index in [-0.39, 0.29) is 23.5 Å². The molecule has 0 aliphatic heterocycles. The van der Waals surface area contributed by atoms with Crippen molar-refractivity contribution in [2.75, 3.05) is 33.6 Å². The smallest absolute Gasteiger partial charge is 0.305 e. The van der Waals surface area contributed by atoms with Crippen molar-refractivity contribution in [3.63, 3.8) is 0 Å². The molecule has 1 aromatic carbocycles. The lowest BCUT2D eigenvalue weighted by Crippen LogP contribution is -2.21.